The Morgan fingerprint density at radius 3 is 2.81 bits per heavy atom. The van der Waals surface area contributed by atoms with Gasteiger partial charge in [0, 0.05) is 31.1 Å². The van der Waals surface area contributed by atoms with Gasteiger partial charge in [-0.1, -0.05) is 11.6 Å². The Labute approximate surface area is 158 Å². The summed E-state index contributed by atoms with van der Waals surface area (Å²) in [6.45, 7) is 4.45. The molecule has 8 heteroatoms. The number of carbonyl (C=O) groups excluding carboxylic acids is 1. The molecule has 1 aromatic heterocycles. The van der Waals surface area contributed by atoms with Gasteiger partial charge in [0.2, 0.25) is 10.0 Å². The summed E-state index contributed by atoms with van der Waals surface area (Å²) in [4.78, 5) is 14.7. The number of fused-ring (bicyclic) bond motifs is 1. The lowest BCUT2D eigenvalue weighted by Crippen LogP contribution is -2.32. The molecule has 0 saturated carbocycles. The Kier molecular flexibility index (Phi) is 5.41. The number of aryl methyl sites for hydroxylation is 1. The number of furan rings is 1. The zero-order valence-electron chi connectivity index (χ0n) is 14.7. The van der Waals surface area contributed by atoms with Gasteiger partial charge in [0.05, 0.1) is 21.7 Å². The van der Waals surface area contributed by atoms with E-state index in [0.717, 1.165) is 24.2 Å². The van der Waals surface area contributed by atoms with Crippen LogP contribution in [0.1, 0.15) is 41.9 Å². The molecule has 0 fully saturated rings. The predicted octanol–water partition coefficient (Wildman–Crippen LogP) is 3.21. The van der Waals surface area contributed by atoms with E-state index in [9.17, 15) is 13.2 Å². The lowest BCUT2D eigenvalue weighted by atomic mass is 10.2. The van der Waals surface area contributed by atoms with Crippen molar-refractivity contribution in [2.24, 2.45) is 0 Å². The van der Waals surface area contributed by atoms with Crippen molar-refractivity contribution in [1.82, 2.24) is 9.62 Å². The molecule has 140 valence electrons. The first kappa shape index (κ1) is 18.9. The molecule has 1 aromatic carbocycles. The van der Waals surface area contributed by atoms with E-state index in [1.807, 2.05) is 6.07 Å². The molecule has 0 radical (unpaired) electrons. The quantitative estimate of drug-likeness (QED) is 0.860. The summed E-state index contributed by atoms with van der Waals surface area (Å²) in [6, 6.07) is 5.80. The van der Waals surface area contributed by atoms with Crippen LogP contribution in [0.2, 0.25) is 5.02 Å². The van der Waals surface area contributed by atoms with Crippen LogP contribution < -0.4 is 4.72 Å². The third-order valence-electron chi connectivity index (χ3n) is 4.19. The molecule has 1 aliphatic heterocycles. The lowest BCUT2D eigenvalue weighted by Gasteiger charge is -2.21. The fourth-order valence-electron chi connectivity index (χ4n) is 3.00. The van der Waals surface area contributed by atoms with E-state index >= 15 is 0 Å². The number of sulfonamides is 1. The van der Waals surface area contributed by atoms with Crippen molar-refractivity contribution in [2.75, 3.05) is 6.54 Å². The second-order valence-electron chi connectivity index (χ2n) is 6.62. The van der Waals surface area contributed by atoms with Crippen LogP contribution >= 0.6 is 11.6 Å². The number of halogens is 1. The molecule has 0 spiro atoms. The van der Waals surface area contributed by atoms with Gasteiger partial charge < -0.3 is 9.32 Å². The molecule has 2 heterocycles. The van der Waals surface area contributed by atoms with Gasteiger partial charge in [-0.15, -0.1) is 0 Å². The van der Waals surface area contributed by atoms with Crippen LogP contribution in [0, 0.1) is 0 Å². The minimum atomic E-state index is -3.70. The highest BCUT2D eigenvalue weighted by Crippen LogP contribution is 2.25. The largest absolute Gasteiger partial charge is 0.469 e. The van der Waals surface area contributed by atoms with Gasteiger partial charge in [0.15, 0.2) is 0 Å². The van der Waals surface area contributed by atoms with Crippen LogP contribution in [0.15, 0.2) is 39.8 Å². The van der Waals surface area contributed by atoms with Gasteiger partial charge in [-0.25, -0.2) is 13.1 Å². The van der Waals surface area contributed by atoms with Gasteiger partial charge in [0.25, 0.3) is 5.91 Å². The summed E-state index contributed by atoms with van der Waals surface area (Å²) in [6.07, 6.45) is 3.17. The van der Waals surface area contributed by atoms with Crippen LogP contribution in [0.5, 0.6) is 0 Å². The summed E-state index contributed by atoms with van der Waals surface area (Å²) in [5.74, 6) is 0.606. The molecule has 0 bridgehead atoms. The summed E-state index contributed by atoms with van der Waals surface area (Å²) in [5, 5.41) is 0.232. The highest BCUT2D eigenvalue weighted by atomic mass is 35.5. The molecule has 1 aliphatic rings. The number of hydrogen-bond donors (Lipinski definition) is 1. The monoisotopic (exact) mass is 396 g/mol. The van der Waals surface area contributed by atoms with E-state index in [2.05, 4.69) is 4.72 Å². The highest BCUT2D eigenvalue weighted by molar-refractivity contribution is 7.89. The third-order valence-corrected chi connectivity index (χ3v) is 6.17. The van der Waals surface area contributed by atoms with E-state index < -0.39 is 10.0 Å². The maximum absolute atomic E-state index is 13.0. The van der Waals surface area contributed by atoms with Crippen LogP contribution in [0.3, 0.4) is 0 Å². The van der Waals surface area contributed by atoms with Crippen molar-refractivity contribution in [3.63, 3.8) is 0 Å². The Balaban J connectivity index is 1.91. The fourth-order valence-corrected chi connectivity index (χ4v) is 4.48. The van der Waals surface area contributed by atoms with E-state index in [-0.39, 0.29) is 27.4 Å². The number of benzene rings is 1. The lowest BCUT2D eigenvalue weighted by molar-refractivity contribution is 0.0746. The minimum absolute atomic E-state index is 0.0257. The Hall–Kier alpha value is -1.83. The zero-order chi connectivity index (χ0) is 18.9. The predicted molar refractivity (Wildman–Crippen MR) is 98.7 cm³/mol. The van der Waals surface area contributed by atoms with Crippen LogP contribution in [-0.2, 0) is 23.0 Å². The van der Waals surface area contributed by atoms with Crippen LogP contribution in [0.4, 0.5) is 0 Å². The van der Waals surface area contributed by atoms with Crippen molar-refractivity contribution in [2.45, 2.75) is 44.2 Å². The molecule has 1 amide bonds. The third kappa shape index (κ3) is 3.95. The molecule has 0 unspecified atom stereocenters. The number of nitrogens with zero attached hydrogens (tertiary/aromatic N) is 1. The fraction of sp³-hybridized carbons (Fsp3) is 0.389. The van der Waals surface area contributed by atoms with E-state index in [1.165, 1.54) is 18.2 Å². The van der Waals surface area contributed by atoms with E-state index in [4.69, 9.17) is 16.0 Å². The van der Waals surface area contributed by atoms with Crippen molar-refractivity contribution < 1.29 is 17.6 Å². The first-order valence-electron chi connectivity index (χ1n) is 8.44. The van der Waals surface area contributed by atoms with Gasteiger partial charge in [0.1, 0.15) is 5.76 Å². The van der Waals surface area contributed by atoms with Crippen LogP contribution in [0.25, 0.3) is 0 Å². The minimum Gasteiger partial charge on any atom is -0.469 e. The number of hydrogen-bond acceptors (Lipinski definition) is 4. The standard InChI is InChI=1S/C18H21ClN2O4S/c1-12(2)20-26(23,24)14-5-6-16(19)15(10-14)18(22)21-8-3-4-17-13(11-21)7-9-25-17/h5-7,9-10,12,20H,3-4,8,11H2,1-2H3. The molecule has 3 rings (SSSR count). The molecule has 0 saturated heterocycles. The average molecular weight is 397 g/mol. The van der Waals surface area contributed by atoms with E-state index in [0.29, 0.717) is 13.1 Å². The molecule has 2 aromatic rings. The zero-order valence-corrected chi connectivity index (χ0v) is 16.2. The number of rotatable bonds is 4. The van der Waals surface area contributed by atoms with E-state index in [1.54, 1.807) is 25.0 Å². The maximum Gasteiger partial charge on any atom is 0.255 e. The van der Waals surface area contributed by atoms with Gasteiger partial charge in [-0.3, -0.25) is 4.79 Å². The second-order valence-corrected chi connectivity index (χ2v) is 8.74. The first-order chi connectivity index (χ1) is 12.3. The SMILES string of the molecule is CC(C)NS(=O)(=O)c1ccc(Cl)c(C(=O)N2CCCc3occc3C2)c1. The molecular formula is C18H21ClN2O4S. The highest BCUT2D eigenvalue weighted by Gasteiger charge is 2.25. The molecule has 0 aliphatic carbocycles. The van der Waals surface area contributed by atoms with Gasteiger partial charge >= 0.3 is 0 Å². The molecule has 1 N–H and O–H groups in total. The van der Waals surface area contributed by atoms with Crippen molar-refractivity contribution >= 4 is 27.5 Å². The maximum atomic E-state index is 13.0. The summed E-state index contributed by atoms with van der Waals surface area (Å²) in [5.41, 5.74) is 1.16. The molecule has 0 atom stereocenters. The number of nitrogens with one attached hydrogen (secondary N) is 1. The first-order valence-corrected chi connectivity index (χ1v) is 10.3. The number of amides is 1. The van der Waals surface area contributed by atoms with Crippen molar-refractivity contribution in [1.29, 1.82) is 0 Å². The van der Waals surface area contributed by atoms with Gasteiger partial charge in [-0.05, 0) is 44.5 Å². The second kappa shape index (κ2) is 7.42. The Morgan fingerprint density at radius 1 is 1.31 bits per heavy atom. The van der Waals surface area contributed by atoms with Crippen molar-refractivity contribution in [3.05, 3.63) is 52.4 Å². The molecular weight excluding hydrogens is 376 g/mol. The molecule has 6 nitrogen and oxygen atoms in total. The molecule has 26 heavy (non-hydrogen) atoms. The topological polar surface area (TPSA) is 79.6 Å². The summed E-state index contributed by atoms with van der Waals surface area (Å²) in [7, 11) is -3.70. The smallest absolute Gasteiger partial charge is 0.255 e. The Morgan fingerprint density at radius 2 is 2.08 bits per heavy atom. The van der Waals surface area contributed by atoms with Crippen molar-refractivity contribution in [3.8, 4) is 0 Å². The number of carbonyl (C=O) groups is 1. The van der Waals surface area contributed by atoms with Gasteiger partial charge in [-0.2, -0.15) is 0 Å². The van der Waals surface area contributed by atoms with Crippen LogP contribution in [-0.4, -0.2) is 31.8 Å². The normalized spacial score (nSPS) is 15.0. The summed E-state index contributed by atoms with van der Waals surface area (Å²) < 4.78 is 32.7. The Bertz CT molecular complexity index is 921. The average Bonchev–Trinajstić information content (AvgIpc) is 2.90. The summed E-state index contributed by atoms with van der Waals surface area (Å²) >= 11 is 6.20.